The van der Waals surface area contributed by atoms with Crippen LogP contribution < -0.4 is 10.0 Å². The second kappa shape index (κ2) is 9.64. The summed E-state index contributed by atoms with van der Waals surface area (Å²) in [7, 11) is -4.19. The van der Waals surface area contributed by atoms with Crippen molar-refractivity contribution < 1.29 is 27.1 Å². The molecular formula is C19H18ClFN2O5S. The molecule has 0 aliphatic carbocycles. The quantitative estimate of drug-likeness (QED) is 0.485. The molecule has 0 radical (unpaired) electrons. The molecule has 7 nitrogen and oxygen atoms in total. The number of amides is 1. The molecule has 0 atom stereocenters. The van der Waals surface area contributed by atoms with Gasteiger partial charge in [-0.2, -0.15) is 0 Å². The van der Waals surface area contributed by atoms with Crippen molar-refractivity contribution in [2.75, 3.05) is 18.5 Å². The Balaban J connectivity index is 2.06. The van der Waals surface area contributed by atoms with Crippen LogP contribution in [0.2, 0.25) is 5.02 Å². The van der Waals surface area contributed by atoms with Gasteiger partial charge in [0.2, 0.25) is 10.0 Å². The first-order chi connectivity index (χ1) is 13.6. The summed E-state index contributed by atoms with van der Waals surface area (Å²) in [5, 5.41) is 2.81. The fourth-order valence-electron chi connectivity index (χ4n) is 2.20. The van der Waals surface area contributed by atoms with Gasteiger partial charge in [-0.1, -0.05) is 23.7 Å². The van der Waals surface area contributed by atoms with Gasteiger partial charge in [0.1, 0.15) is 10.7 Å². The van der Waals surface area contributed by atoms with Gasteiger partial charge in [0.25, 0.3) is 5.91 Å². The molecule has 0 fully saturated rings. The molecule has 0 saturated carbocycles. The first kappa shape index (κ1) is 22.5. The Hall–Kier alpha value is -2.75. The van der Waals surface area contributed by atoms with Gasteiger partial charge in [0, 0.05) is 6.54 Å². The summed E-state index contributed by atoms with van der Waals surface area (Å²) in [6.07, 6.45) is 1.28. The molecule has 29 heavy (non-hydrogen) atoms. The standard InChI is InChI=1S/C19H18ClFN2O5S/c1-3-8-22-29(26,27)17-10-13(5-6-15(17)21)19(25)28-11-18(24)23-16-7-4-12(2)9-14(16)20/h3-7,9-10,22H,1,8,11H2,2H3,(H,23,24). The summed E-state index contributed by atoms with van der Waals surface area (Å²) in [4.78, 5) is 23.4. The zero-order valence-electron chi connectivity index (χ0n) is 15.4. The number of ether oxygens (including phenoxy) is 1. The third kappa shape index (κ3) is 6.11. The largest absolute Gasteiger partial charge is 0.452 e. The second-order valence-electron chi connectivity index (χ2n) is 5.89. The Morgan fingerprint density at radius 3 is 2.62 bits per heavy atom. The Labute approximate surface area is 172 Å². The maximum atomic E-state index is 13.9. The SMILES string of the molecule is C=CCNS(=O)(=O)c1cc(C(=O)OCC(=O)Nc2ccc(C)cc2Cl)ccc1F. The summed E-state index contributed by atoms with van der Waals surface area (Å²) in [6.45, 7) is 4.45. The van der Waals surface area contributed by atoms with Crippen LogP contribution in [0.3, 0.4) is 0 Å². The van der Waals surface area contributed by atoms with Crippen molar-refractivity contribution in [2.24, 2.45) is 0 Å². The summed E-state index contributed by atoms with van der Waals surface area (Å²) in [5.74, 6) is -2.67. The first-order valence-corrected chi connectivity index (χ1v) is 10.1. The number of benzene rings is 2. The molecular weight excluding hydrogens is 423 g/mol. The number of hydrogen-bond acceptors (Lipinski definition) is 5. The molecule has 0 unspecified atom stereocenters. The minimum absolute atomic E-state index is 0.113. The number of esters is 1. The number of carbonyl (C=O) groups excluding carboxylic acids is 2. The fourth-order valence-corrected chi connectivity index (χ4v) is 3.59. The smallest absolute Gasteiger partial charge is 0.338 e. The number of rotatable bonds is 8. The van der Waals surface area contributed by atoms with E-state index in [0.717, 1.165) is 23.8 Å². The van der Waals surface area contributed by atoms with Gasteiger partial charge in [0.05, 0.1) is 16.3 Å². The molecule has 1 amide bonds. The number of nitrogens with one attached hydrogen (secondary N) is 2. The van der Waals surface area contributed by atoms with Crippen molar-refractivity contribution >= 4 is 39.2 Å². The zero-order chi connectivity index (χ0) is 21.6. The molecule has 154 valence electrons. The van der Waals surface area contributed by atoms with Gasteiger partial charge < -0.3 is 10.1 Å². The maximum Gasteiger partial charge on any atom is 0.338 e. The van der Waals surface area contributed by atoms with E-state index in [2.05, 4.69) is 16.6 Å². The van der Waals surface area contributed by atoms with Crippen LogP contribution in [0.1, 0.15) is 15.9 Å². The van der Waals surface area contributed by atoms with Crippen molar-refractivity contribution in [2.45, 2.75) is 11.8 Å². The highest BCUT2D eigenvalue weighted by Gasteiger charge is 2.21. The number of halogens is 2. The molecule has 10 heteroatoms. The average molecular weight is 441 g/mol. The number of aryl methyl sites for hydroxylation is 1. The van der Waals surface area contributed by atoms with E-state index in [1.54, 1.807) is 18.2 Å². The fraction of sp³-hybridized carbons (Fsp3) is 0.158. The molecule has 0 aliphatic heterocycles. The highest BCUT2D eigenvalue weighted by Crippen LogP contribution is 2.22. The number of sulfonamides is 1. The lowest BCUT2D eigenvalue weighted by molar-refractivity contribution is -0.119. The Kier molecular flexibility index (Phi) is 7.49. The van der Waals surface area contributed by atoms with Crippen LogP contribution in [0.5, 0.6) is 0 Å². The minimum atomic E-state index is -4.19. The van der Waals surface area contributed by atoms with Crippen molar-refractivity contribution in [1.29, 1.82) is 0 Å². The lowest BCUT2D eigenvalue weighted by Gasteiger charge is -2.10. The Morgan fingerprint density at radius 2 is 1.97 bits per heavy atom. The van der Waals surface area contributed by atoms with Crippen molar-refractivity contribution in [3.63, 3.8) is 0 Å². The lowest BCUT2D eigenvalue weighted by atomic mass is 10.2. The topological polar surface area (TPSA) is 102 Å². The minimum Gasteiger partial charge on any atom is -0.452 e. The molecule has 0 aliphatic rings. The van der Waals surface area contributed by atoms with E-state index in [4.69, 9.17) is 16.3 Å². The maximum absolute atomic E-state index is 13.9. The van der Waals surface area contributed by atoms with Gasteiger partial charge in [-0.25, -0.2) is 22.3 Å². The summed E-state index contributed by atoms with van der Waals surface area (Å²) in [6, 6.07) is 7.71. The highest BCUT2D eigenvalue weighted by molar-refractivity contribution is 7.89. The van der Waals surface area contributed by atoms with Crippen LogP contribution in [0.4, 0.5) is 10.1 Å². The van der Waals surface area contributed by atoms with Crippen LogP contribution in [-0.2, 0) is 19.6 Å². The zero-order valence-corrected chi connectivity index (χ0v) is 16.9. The van der Waals surface area contributed by atoms with E-state index in [1.807, 2.05) is 6.92 Å². The Morgan fingerprint density at radius 1 is 1.24 bits per heavy atom. The molecule has 2 aromatic rings. The van der Waals surface area contributed by atoms with Crippen LogP contribution in [0.15, 0.2) is 53.9 Å². The van der Waals surface area contributed by atoms with Gasteiger partial charge >= 0.3 is 5.97 Å². The molecule has 0 heterocycles. The van der Waals surface area contributed by atoms with E-state index in [1.165, 1.54) is 6.08 Å². The van der Waals surface area contributed by atoms with Gasteiger partial charge in [-0.05, 0) is 42.8 Å². The summed E-state index contributed by atoms with van der Waals surface area (Å²) < 4.78 is 45.0. The monoisotopic (exact) mass is 440 g/mol. The highest BCUT2D eigenvalue weighted by atomic mass is 35.5. The molecule has 2 rings (SSSR count). The van der Waals surface area contributed by atoms with Crippen molar-refractivity contribution in [1.82, 2.24) is 4.72 Å². The third-order valence-corrected chi connectivity index (χ3v) is 5.36. The first-order valence-electron chi connectivity index (χ1n) is 8.27. The summed E-state index contributed by atoms with van der Waals surface area (Å²) in [5.41, 5.74) is 1.03. The number of anilines is 1. The van der Waals surface area contributed by atoms with Crippen LogP contribution in [-0.4, -0.2) is 33.4 Å². The summed E-state index contributed by atoms with van der Waals surface area (Å²) >= 11 is 6.02. The van der Waals surface area contributed by atoms with E-state index < -0.39 is 39.2 Å². The molecule has 0 saturated heterocycles. The molecule has 0 spiro atoms. The van der Waals surface area contributed by atoms with Crippen molar-refractivity contribution in [3.05, 3.63) is 71.0 Å². The van der Waals surface area contributed by atoms with Crippen LogP contribution in [0.25, 0.3) is 0 Å². The van der Waals surface area contributed by atoms with E-state index >= 15 is 0 Å². The number of carbonyl (C=O) groups is 2. The number of hydrogen-bond donors (Lipinski definition) is 2. The third-order valence-electron chi connectivity index (χ3n) is 3.61. The second-order valence-corrected chi connectivity index (χ2v) is 8.04. The van der Waals surface area contributed by atoms with Gasteiger partial charge in [0.15, 0.2) is 6.61 Å². The molecule has 2 aromatic carbocycles. The van der Waals surface area contributed by atoms with Gasteiger partial charge in [-0.3, -0.25) is 4.79 Å². The molecule has 0 aromatic heterocycles. The predicted molar refractivity (Wildman–Crippen MR) is 107 cm³/mol. The lowest BCUT2D eigenvalue weighted by Crippen LogP contribution is -2.25. The van der Waals surface area contributed by atoms with Crippen molar-refractivity contribution in [3.8, 4) is 0 Å². The van der Waals surface area contributed by atoms with E-state index in [0.29, 0.717) is 10.7 Å². The normalized spacial score (nSPS) is 11.0. The molecule has 0 bridgehead atoms. The molecule has 2 N–H and O–H groups in total. The van der Waals surface area contributed by atoms with E-state index in [9.17, 15) is 22.4 Å². The Bertz CT molecular complexity index is 1060. The van der Waals surface area contributed by atoms with Gasteiger partial charge in [-0.15, -0.1) is 6.58 Å². The van der Waals surface area contributed by atoms with E-state index in [-0.39, 0.29) is 12.1 Å². The average Bonchev–Trinajstić information content (AvgIpc) is 2.67. The van der Waals surface area contributed by atoms with Crippen LogP contribution in [0, 0.1) is 12.7 Å². The van der Waals surface area contributed by atoms with Crippen LogP contribution >= 0.6 is 11.6 Å². The predicted octanol–water partition coefficient (Wildman–Crippen LogP) is 3.05.